The zero-order chi connectivity index (χ0) is 24.2. The smallest absolute Gasteiger partial charge is 0.255 e. The van der Waals surface area contributed by atoms with E-state index in [9.17, 15) is 9.59 Å². The fraction of sp³-hybridized carbons (Fsp3) is 0.481. The molecule has 0 unspecified atom stereocenters. The Morgan fingerprint density at radius 2 is 1.77 bits per heavy atom. The number of benzene rings is 2. The van der Waals surface area contributed by atoms with Crippen LogP contribution in [0.3, 0.4) is 0 Å². The molecule has 2 amide bonds. The zero-order valence-electron chi connectivity index (χ0n) is 20.2. The number of rotatable bonds is 6. The molecule has 186 valence electrons. The SMILES string of the molecule is COc1cc(C(=O)Nc2ccc(C(=O)NC[C@@H]3CCCN4CCCC[C@H]34)cc2)cc2c1OCCO2. The highest BCUT2D eigenvalue weighted by atomic mass is 16.6. The van der Waals surface area contributed by atoms with Crippen molar-refractivity contribution in [2.45, 2.75) is 38.1 Å². The van der Waals surface area contributed by atoms with Crippen LogP contribution >= 0.6 is 0 Å². The standard InChI is InChI=1S/C27H33N3O5/c1-33-23-15-20(16-24-25(23)35-14-13-34-24)27(32)29-21-9-7-18(8-10-21)26(31)28-17-19-5-4-12-30-11-3-2-6-22(19)30/h7-10,15-16,19,22H,2-6,11-14,17H2,1H3,(H,28,31)(H,29,32)/t19-,22+/m0/s1. The molecule has 2 saturated heterocycles. The van der Waals surface area contributed by atoms with Crippen LogP contribution in [-0.2, 0) is 0 Å². The molecule has 0 bridgehead atoms. The maximum atomic E-state index is 12.8. The second-order valence-corrected chi connectivity index (χ2v) is 9.45. The third-order valence-corrected chi connectivity index (χ3v) is 7.25. The van der Waals surface area contributed by atoms with Crippen molar-refractivity contribution < 1.29 is 23.8 Å². The average Bonchev–Trinajstić information content (AvgIpc) is 2.91. The third-order valence-electron chi connectivity index (χ3n) is 7.25. The Bertz CT molecular complexity index is 1050. The summed E-state index contributed by atoms with van der Waals surface area (Å²) in [5.41, 5.74) is 1.59. The lowest BCUT2D eigenvalue weighted by Crippen LogP contribution is -2.51. The second-order valence-electron chi connectivity index (χ2n) is 9.45. The van der Waals surface area contributed by atoms with Gasteiger partial charge in [0, 0.05) is 29.4 Å². The van der Waals surface area contributed by atoms with E-state index in [0.29, 0.717) is 65.8 Å². The van der Waals surface area contributed by atoms with Crippen LogP contribution in [-0.4, -0.2) is 62.7 Å². The van der Waals surface area contributed by atoms with Crippen molar-refractivity contribution in [2.24, 2.45) is 5.92 Å². The van der Waals surface area contributed by atoms with Crippen molar-refractivity contribution in [3.63, 3.8) is 0 Å². The van der Waals surface area contributed by atoms with E-state index in [-0.39, 0.29) is 11.8 Å². The van der Waals surface area contributed by atoms with E-state index in [2.05, 4.69) is 15.5 Å². The minimum atomic E-state index is -0.299. The van der Waals surface area contributed by atoms with Gasteiger partial charge in [-0.05, 0) is 81.1 Å². The number of carbonyl (C=O) groups excluding carboxylic acids is 2. The number of fused-ring (bicyclic) bond motifs is 2. The maximum absolute atomic E-state index is 12.8. The van der Waals surface area contributed by atoms with Crippen LogP contribution in [0.2, 0.25) is 0 Å². The van der Waals surface area contributed by atoms with Crippen LogP contribution in [0.25, 0.3) is 0 Å². The van der Waals surface area contributed by atoms with E-state index in [0.717, 1.165) is 0 Å². The van der Waals surface area contributed by atoms with Gasteiger partial charge in [-0.25, -0.2) is 0 Å². The molecule has 8 nitrogen and oxygen atoms in total. The minimum absolute atomic E-state index is 0.0765. The van der Waals surface area contributed by atoms with E-state index in [1.165, 1.54) is 52.3 Å². The number of amides is 2. The van der Waals surface area contributed by atoms with E-state index >= 15 is 0 Å². The molecule has 3 heterocycles. The molecule has 3 aliphatic heterocycles. The lowest BCUT2D eigenvalue weighted by Gasteiger charge is -2.44. The average molecular weight is 480 g/mol. The summed E-state index contributed by atoms with van der Waals surface area (Å²) in [7, 11) is 1.53. The highest BCUT2D eigenvalue weighted by molar-refractivity contribution is 6.05. The molecule has 5 rings (SSSR count). The first-order valence-electron chi connectivity index (χ1n) is 12.5. The van der Waals surface area contributed by atoms with Crippen molar-refractivity contribution in [1.82, 2.24) is 10.2 Å². The molecule has 2 fully saturated rings. The van der Waals surface area contributed by atoms with Gasteiger partial charge in [0.25, 0.3) is 11.8 Å². The monoisotopic (exact) mass is 479 g/mol. The topological polar surface area (TPSA) is 89.1 Å². The molecule has 2 N–H and O–H groups in total. The molecule has 35 heavy (non-hydrogen) atoms. The molecule has 0 radical (unpaired) electrons. The Balaban J connectivity index is 1.18. The largest absolute Gasteiger partial charge is 0.493 e. The van der Waals surface area contributed by atoms with Crippen LogP contribution in [0.5, 0.6) is 17.2 Å². The van der Waals surface area contributed by atoms with Gasteiger partial charge in [0.15, 0.2) is 11.5 Å². The molecule has 2 aromatic rings. The van der Waals surface area contributed by atoms with Crippen molar-refractivity contribution in [1.29, 1.82) is 0 Å². The molecular weight excluding hydrogens is 446 g/mol. The Morgan fingerprint density at radius 3 is 2.60 bits per heavy atom. The van der Waals surface area contributed by atoms with E-state index in [1.807, 2.05) is 0 Å². The van der Waals surface area contributed by atoms with Crippen LogP contribution in [0.15, 0.2) is 36.4 Å². The van der Waals surface area contributed by atoms with Gasteiger partial charge >= 0.3 is 0 Å². The minimum Gasteiger partial charge on any atom is -0.493 e. The van der Waals surface area contributed by atoms with E-state index < -0.39 is 0 Å². The second kappa shape index (κ2) is 10.6. The van der Waals surface area contributed by atoms with Gasteiger partial charge in [-0.15, -0.1) is 0 Å². The summed E-state index contributed by atoms with van der Waals surface area (Å²) in [5.74, 6) is 1.60. The zero-order valence-corrected chi connectivity index (χ0v) is 20.2. The number of nitrogens with one attached hydrogen (secondary N) is 2. The number of carbonyl (C=O) groups is 2. The molecule has 8 heteroatoms. The molecular formula is C27H33N3O5. The molecule has 0 saturated carbocycles. The quantitative estimate of drug-likeness (QED) is 0.657. The predicted octanol–water partition coefficient (Wildman–Crippen LogP) is 3.71. The first-order chi connectivity index (χ1) is 17.1. The summed E-state index contributed by atoms with van der Waals surface area (Å²) < 4.78 is 16.6. The van der Waals surface area contributed by atoms with Gasteiger partial charge in [-0.3, -0.25) is 9.59 Å². The number of methoxy groups -OCH3 is 1. The van der Waals surface area contributed by atoms with Gasteiger partial charge in [-0.2, -0.15) is 0 Å². The summed E-state index contributed by atoms with van der Waals surface area (Å²) >= 11 is 0. The highest BCUT2D eigenvalue weighted by Crippen LogP contribution is 2.40. The highest BCUT2D eigenvalue weighted by Gasteiger charge is 2.33. The first-order valence-corrected chi connectivity index (χ1v) is 12.5. The molecule has 0 aromatic heterocycles. The van der Waals surface area contributed by atoms with Gasteiger partial charge in [0.1, 0.15) is 13.2 Å². The molecule has 0 spiro atoms. The summed E-state index contributed by atoms with van der Waals surface area (Å²) in [6, 6.07) is 10.8. The van der Waals surface area contributed by atoms with Crippen molar-refractivity contribution in [3.8, 4) is 17.2 Å². The van der Waals surface area contributed by atoms with Crippen molar-refractivity contribution >= 4 is 17.5 Å². The Labute approximate surface area is 205 Å². The Hall–Kier alpha value is -3.26. The van der Waals surface area contributed by atoms with Crippen molar-refractivity contribution in [3.05, 3.63) is 47.5 Å². The van der Waals surface area contributed by atoms with Crippen LogP contribution in [0, 0.1) is 5.92 Å². The fourth-order valence-electron chi connectivity index (χ4n) is 5.45. The van der Waals surface area contributed by atoms with E-state index in [4.69, 9.17) is 14.2 Å². The number of hydrogen-bond acceptors (Lipinski definition) is 6. The summed E-state index contributed by atoms with van der Waals surface area (Å²) in [5, 5.41) is 6.01. The van der Waals surface area contributed by atoms with Gasteiger partial charge in [0.05, 0.1) is 7.11 Å². The van der Waals surface area contributed by atoms with Gasteiger partial charge < -0.3 is 29.7 Å². The number of hydrogen-bond donors (Lipinski definition) is 2. The fourth-order valence-corrected chi connectivity index (χ4v) is 5.45. The van der Waals surface area contributed by atoms with Crippen LogP contribution in [0.4, 0.5) is 5.69 Å². The number of anilines is 1. The molecule has 3 aliphatic rings. The van der Waals surface area contributed by atoms with Crippen LogP contribution in [0.1, 0.15) is 52.8 Å². The normalized spacial score (nSPS) is 21.5. The predicted molar refractivity (Wildman–Crippen MR) is 133 cm³/mol. The Kier molecular flexibility index (Phi) is 7.08. The number of piperidine rings is 2. The van der Waals surface area contributed by atoms with Gasteiger partial charge in [-0.1, -0.05) is 6.42 Å². The molecule has 0 aliphatic carbocycles. The van der Waals surface area contributed by atoms with Crippen LogP contribution < -0.4 is 24.8 Å². The summed E-state index contributed by atoms with van der Waals surface area (Å²) in [4.78, 5) is 28.2. The summed E-state index contributed by atoms with van der Waals surface area (Å²) in [6.07, 6.45) is 6.21. The van der Waals surface area contributed by atoms with Gasteiger partial charge in [0.2, 0.25) is 5.75 Å². The lowest BCUT2D eigenvalue weighted by atomic mass is 9.83. The first kappa shape index (κ1) is 23.5. The number of nitrogens with zero attached hydrogens (tertiary/aromatic N) is 1. The third kappa shape index (κ3) is 5.22. The molecule has 2 atom stereocenters. The lowest BCUT2D eigenvalue weighted by molar-refractivity contribution is 0.0575. The summed E-state index contributed by atoms with van der Waals surface area (Å²) in [6.45, 7) is 3.96. The van der Waals surface area contributed by atoms with E-state index in [1.54, 1.807) is 36.4 Å². The molecule has 2 aromatic carbocycles. The maximum Gasteiger partial charge on any atom is 0.255 e. The Morgan fingerprint density at radius 1 is 0.971 bits per heavy atom. The number of ether oxygens (including phenoxy) is 3. The van der Waals surface area contributed by atoms with Crippen molar-refractivity contribution in [2.75, 3.05) is 45.3 Å².